The van der Waals surface area contributed by atoms with Crippen LogP contribution in [0, 0.1) is 12.8 Å². The Morgan fingerprint density at radius 1 is 1.15 bits per heavy atom. The van der Waals surface area contributed by atoms with Gasteiger partial charge in [-0.2, -0.15) is 0 Å². The van der Waals surface area contributed by atoms with E-state index >= 15 is 0 Å². The maximum atomic E-state index is 11.8. The van der Waals surface area contributed by atoms with Crippen molar-refractivity contribution in [3.63, 3.8) is 0 Å². The molecule has 0 saturated heterocycles. The number of aryl methyl sites for hydroxylation is 1. The zero-order chi connectivity index (χ0) is 9.59. The number of rotatable bonds is 0. The first-order valence-corrected chi connectivity index (χ1v) is 4.76. The van der Waals surface area contributed by atoms with Gasteiger partial charge in [0.15, 0.2) is 5.78 Å². The van der Waals surface area contributed by atoms with E-state index in [1.165, 1.54) is 11.1 Å². The number of carbonyl (C=O) groups is 1. The van der Waals surface area contributed by atoms with Gasteiger partial charge >= 0.3 is 0 Å². The van der Waals surface area contributed by atoms with Gasteiger partial charge in [-0.05, 0) is 24.5 Å². The minimum absolute atomic E-state index is 0.164. The van der Waals surface area contributed by atoms with Crippen molar-refractivity contribution in [2.45, 2.75) is 26.7 Å². The van der Waals surface area contributed by atoms with Crippen LogP contribution in [0.5, 0.6) is 0 Å². The van der Waals surface area contributed by atoms with Gasteiger partial charge < -0.3 is 0 Å². The van der Waals surface area contributed by atoms with E-state index in [0.29, 0.717) is 11.7 Å². The number of carbonyl (C=O) groups excluding carboxylic acids is 1. The van der Waals surface area contributed by atoms with Crippen molar-refractivity contribution in [3.8, 4) is 0 Å². The van der Waals surface area contributed by atoms with Gasteiger partial charge in [-0.1, -0.05) is 31.5 Å². The smallest absolute Gasteiger partial charge is 0.166 e. The Morgan fingerprint density at radius 3 is 2.54 bits per heavy atom. The summed E-state index contributed by atoms with van der Waals surface area (Å²) in [5, 5.41) is 0. The van der Waals surface area contributed by atoms with Crippen LogP contribution in [-0.2, 0) is 0 Å². The van der Waals surface area contributed by atoms with Gasteiger partial charge in [0.2, 0.25) is 0 Å². The summed E-state index contributed by atoms with van der Waals surface area (Å²) in [6.07, 6.45) is 0. The van der Waals surface area contributed by atoms with Gasteiger partial charge in [-0.15, -0.1) is 0 Å². The molecule has 0 aliphatic heterocycles. The molecular weight excluding hydrogens is 160 g/mol. The van der Waals surface area contributed by atoms with Crippen LogP contribution in [-0.4, -0.2) is 5.78 Å². The minimum Gasteiger partial charge on any atom is -0.294 e. The summed E-state index contributed by atoms with van der Waals surface area (Å²) in [7, 11) is 0. The molecule has 2 unspecified atom stereocenters. The van der Waals surface area contributed by atoms with Crippen molar-refractivity contribution >= 4 is 5.78 Å². The number of Topliss-reactive ketones (excluding diaryl/α,β-unsaturated/α-hetero) is 1. The minimum atomic E-state index is 0.164. The highest BCUT2D eigenvalue weighted by Gasteiger charge is 2.33. The van der Waals surface area contributed by atoms with E-state index in [4.69, 9.17) is 0 Å². The number of hydrogen-bond acceptors (Lipinski definition) is 1. The van der Waals surface area contributed by atoms with Crippen molar-refractivity contribution < 1.29 is 4.79 Å². The molecular formula is C12H14O. The predicted molar refractivity (Wildman–Crippen MR) is 53.1 cm³/mol. The number of ketones is 1. The average Bonchev–Trinajstić information content (AvgIpc) is 2.32. The molecule has 2 atom stereocenters. The third-order valence-electron chi connectivity index (χ3n) is 3.13. The molecule has 1 aliphatic carbocycles. The molecule has 1 heteroatoms. The molecule has 1 aromatic carbocycles. The normalized spacial score (nSPS) is 26.2. The first-order valence-electron chi connectivity index (χ1n) is 4.76. The second-order valence-electron chi connectivity index (χ2n) is 4.03. The summed E-state index contributed by atoms with van der Waals surface area (Å²) in [6.45, 7) is 6.17. The summed E-state index contributed by atoms with van der Waals surface area (Å²) in [6, 6.07) is 6.19. The first-order chi connectivity index (χ1) is 6.11. The third kappa shape index (κ3) is 1.11. The molecule has 0 spiro atoms. The molecule has 68 valence electrons. The first kappa shape index (κ1) is 8.49. The third-order valence-corrected chi connectivity index (χ3v) is 3.13. The van der Waals surface area contributed by atoms with Gasteiger partial charge in [0.1, 0.15) is 0 Å². The topological polar surface area (TPSA) is 17.1 Å². The number of benzene rings is 1. The predicted octanol–water partition coefficient (Wildman–Crippen LogP) is 2.93. The van der Waals surface area contributed by atoms with Gasteiger partial charge in [-0.3, -0.25) is 4.79 Å². The molecule has 13 heavy (non-hydrogen) atoms. The largest absolute Gasteiger partial charge is 0.294 e. The van der Waals surface area contributed by atoms with E-state index in [1.54, 1.807) is 0 Å². The Kier molecular flexibility index (Phi) is 1.76. The summed E-state index contributed by atoms with van der Waals surface area (Å²) in [5.74, 6) is 0.867. The van der Waals surface area contributed by atoms with E-state index in [2.05, 4.69) is 19.1 Å². The summed E-state index contributed by atoms with van der Waals surface area (Å²) < 4.78 is 0. The van der Waals surface area contributed by atoms with Crippen LogP contribution in [0.4, 0.5) is 0 Å². The van der Waals surface area contributed by atoms with Crippen LogP contribution in [0.25, 0.3) is 0 Å². The van der Waals surface area contributed by atoms with Crippen molar-refractivity contribution in [2.75, 3.05) is 0 Å². The molecule has 0 amide bonds. The van der Waals surface area contributed by atoms with Gasteiger partial charge in [0.25, 0.3) is 0 Å². The van der Waals surface area contributed by atoms with Crippen LogP contribution in [0.2, 0.25) is 0 Å². The lowest BCUT2D eigenvalue weighted by molar-refractivity contribution is 0.0936. The van der Waals surface area contributed by atoms with E-state index < -0.39 is 0 Å². The van der Waals surface area contributed by atoms with E-state index in [-0.39, 0.29) is 5.92 Å². The summed E-state index contributed by atoms with van der Waals surface area (Å²) in [5.41, 5.74) is 3.34. The molecule has 0 fully saturated rings. The zero-order valence-electron chi connectivity index (χ0n) is 8.29. The summed E-state index contributed by atoms with van der Waals surface area (Å²) in [4.78, 5) is 11.8. The maximum absolute atomic E-state index is 11.8. The standard InChI is InChI=1S/C12H14O/c1-7-4-5-10-8(2)9(3)12(13)11(10)6-7/h4-6,8-9H,1-3H3. The molecule has 1 aliphatic rings. The molecule has 0 radical (unpaired) electrons. The van der Waals surface area contributed by atoms with Crippen LogP contribution >= 0.6 is 0 Å². The fourth-order valence-electron chi connectivity index (χ4n) is 2.02. The van der Waals surface area contributed by atoms with Crippen LogP contribution in [0.1, 0.15) is 41.3 Å². The average molecular weight is 174 g/mol. The van der Waals surface area contributed by atoms with Gasteiger partial charge in [0, 0.05) is 11.5 Å². The number of fused-ring (bicyclic) bond motifs is 1. The highest BCUT2D eigenvalue weighted by molar-refractivity contribution is 6.03. The van der Waals surface area contributed by atoms with Gasteiger partial charge in [-0.25, -0.2) is 0 Å². The van der Waals surface area contributed by atoms with Crippen LogP contribution in [0.3, 0.4) is 0 Å². The van der Waals surface area contributed by atoms with Crippen molar-refractivity contribution in [1.29, 1.82) is 0 Å². The molecule has 2 rings (SSSR count). The lowest BCUT2D eigenvalue weighted by Gasteiger charge is -2.07. The molecule has 0 N–H and O–H groups in total. The number of hydrogen-bond donors (Lipinski definition) is 0. The molecule has 0 bridgehead atoms. The Balaban J connectivity index is 2.60. The lowest BCUT2D eigenvalue weighted by Crippen LogP contribution is -2.06. The zero-order valence-corrected chi connectivity index (χ0v) is 8.29. The van der Waals surface area contributed by atoms with Crippen LogP contribution < -0.4 is 0 Å². The second kappa shape index (κ2) is 2.69. The summed E-state index contributed by atoms with van der Waals surface area (Å²) >= 11 is 0. The molecule has 0 saturated carbocycles. The lowest BCUT2D eigenvalue weighted by atomic mass is 9.96. The fraction of sp³-hybridized carbons (Fsp3) is 0.417. The Hall–Kier alpha value is -1.11. The second-order valence-corrected chi connectivity index (χ2v) is 4.03. The van der Waals surface area contributed by atoms with E-state index in [1.807, 2.05) is 19.9 Å². The van der Waals surface area contributed by atoms with Gasteiger partial charge in [0.05, 0.1) is 0 Å². The fourth-order valence-corrected chi connectivity index (χ4v) is 2.02. The highest BCUT2D eigenvalue weighted by Crippen LogP contribution is 2.37. The highest BCUT2D eigenvalue weighted by atomic mass is 16.1. The Labute approximate surface area is 78.8 Å². The molecule has 1 nitrogen and oxygen atoms in total. The molecule has 0 aromatic heterocycles. The molecule has 1 aromatic rings. The quantitative estimate of drug-likeness (QED) is 0.591. The SMILES string of the molecule is Cc1ccc2c(c1)C(=O)C(C)C2C. The molecule has 0 heterocycles. The maximum Gasteiger partial charge on any atom is 0.166 e. The Morgan fingerprint density at radius 2 is 1.85 bits per heavy atom. The van der Waals surface area contributed by atoms with E-state index in [9.17, 15) is 4.79 Å². The van der Waals surface area contributed by atoms with Crippen LogP contribution in [0.15, 0.2) is 18.2 Å². The monoisotopic (exact) mass is 174 g/mol. The van der Waals surface area contributed by atoms with Crippen molar-refractivity contribution in [2.24, 2.45) is 5.92 Å². The van der Waals surface area contributed by atoms with Crippen molar-refractivity contribution in [1.82, 2.24) is 0 Å². The Bertz CT molecular complexity index is 365. The van der Waals surface area contributed by atoms with E-state index in [0.717, 1.165) is 5.56 Å². The van der Waals surface area contributed by atoms with Crippen molar-refractivity contribution in [3.05, 3.63) is 34.9 Å².